The van der Waals surface area contributed by atoms with E-state index in [1.165, 1.54) is 0 Å². The SMILES string of the molecule is CCC(O)c1ccc(N2CCCC(C)(O)CC2)cn1. The van der Waals surface area contributed by atoms with E-state index in [4.69, 9.17) is 0 Å². The minimum Gasteiger partial charge on any atom is -0.390 e. The number of nitrogens with zero attached hydrogens (tertiary/aromatic N) is 2. The summed E-state index contributed by atoms with van der Waals surface area (Å²) in [7, 11) is 0. The van der Waals surface area contributed by atoms with Crippen LogP contribution in [0, 0.1) is 0 Å². The lowest BCUT2D eigenvalue weighted by atomic mass is 9.98. The van der Waals surface area contributed by atoms with Crippen LogP contribution in [0.4, 0.5) is 5.69 Å². The summed E-state index contributed by atoms with van der Waals surface area (Å²) < 4.78 is 0. The molecule has 4 heteroatoms. The van der Waals surface area contributed by atoms with Gasteiger partial charge in [0, 0.05) is 13.1 Å². The van der Waals surface area contributed by atoms with Gasteiger partial charge in [0.1, 0.15) is 0 Å². The Balaban J connectivity index is 2.05. The number of rotatable bonds is 3. The number of hydrogen-bond donors (Lipinski definition) is 2. The van der Waals surface area contributed by atoms with Crippen molar-refractivity contribution in [2.24, 2.45) is 0 Å². The van der Waals surface area contributed by atoms with Crippen molar-refractivity contribution in [1.82, 2.24) is 4.98 Å². The Morgan fingerprint density at radius 2 is 2.16 bits per heavy atom. The molecule has 0 radical (unpaired) electrons. The molecule has 2 N–H and O–H groups in total. The normalized spacial score (nSPS) is 26.0. The highest BCUT2D eigenvalue weighted by Crippen LogP contribution is 2.25. The Kier molecular flexibility index (Phi) is 4.42. The smallest absolute Gasteiger partial charge is 0.0957 e. The van der Waals surface area contributed by atoms with Crippen molar-refractivity contribution in [3.8, 4) is 0 Å². The van der Waals surface area contributed by atoms with Gasteiger partial charge in [-0.25, -0.2) is 0 Å². The Hall–Kier alpha value is -1.13. The van der Waals surface area contributed by atoms with Gasteiger partial charge in [-0.05, 0) is 44.7 Å². The second-order valence-corrected chi connectivity index (χ2v) is 5.70. The third kappa shape index (κ3) is 3.67. The minimum absolute atomic E-state index is 0.473. The fourth-order valence-corrected chi connectivity index (χ4v) is 2.51. The molecule has 2 rings (SSSR count). The maximum Gasteiger partial charge on any atom is 0.0957 e. The molecule has 106 valence electrons. The molecular formula is C15H24N2O2. The second kappa shape index (κ2) is 5.88. The molecule has 1 fully saturated rings. The molecule has 2 unspecified atom stereocenters. The summed E-state index contributed by atoms with van der Waals surface area (Å²) >= 11 is 0. The molecule has 1 aromatic rings. The van der Waals surface area contributed by atoms with Crippen molar-refractivity contribution < 1.29 is 10.2 Å². The van der Waals surface area contributed by atoms with Gasteiger partial charge in [-0.2, -0.15) is 0 Å². The maximum absolute atomic E-state index is 10.1. The first-order chi connectivity index (χ1) is 9.02. The van der Waals surface area contributed by atoms with Gasteiger partial charge >= 0.3 is 0 Å². The first-order valence-electron chi connectivity index (χ1n) is 7.13. The Bertz CT molecular complexity index is 403. The van der Waals surface area contributed by atoms with E-state index in [-0.39, 0.29) is 0 Å². The zero-order valence-corrected chi connectivity index (χ0v) is 11.8. The quantitative estimate of drug-likeness (QED) is 0.879. The summed E-state index contributed by atoms with van der Waals surface area (Å²) in [4.78, 5) is 6.60. The average Bonchev–Trinajstić information content (AvgIpc) is 2.59. The maximum atomic E-state index is 10.1. The number of aromatic nitrogens is 1. The third-order valence-corrected chi connectivity index (χ3v) is 3.93. The Morgan fingerprint density at radius 1 is 1.37 bits per heavy atom. The molecular weight excluding hydrogens is 240 g/mol. The molecule has 1 aliphatic heterocycles. The molecule has 2 atom stereocenters. The van der Waals surface area contributed by atoms with E-state index in [9.17, 15) is 10.2 Å². The van der Waals surface area contributed by atoms with Crippen molar-refractivity contribution >= 4 is 5.69 Å². The van der Waals surface area contributed by atoms with Gasteiger partial charge in [0.15, 0.2) is 0 Å². The third-order valence-electron chi connectivity index (χ3n) is 3.93. The van der Waals surface area contributed by atoms with Crippen LogP contribution in [0.2, 0.25) is 0 Å². The molecule has 4 nitrogen and oxygen atoms in total. The summed E-state index contributed by atoms with van der Waals surface area (Å²) in [6, 6.07) is 3.91. The van der Waals surface area contributed by atoms with E-state index in [0.717, 1.165) is 43.7 Å². The summed E-state index contributed by atoms with van der Waals surface area (Å²) in [6.45, 7) is 5.66. The lowest BCUT2D eigenvalue weighted by molar-refractivity contribution is 0.0481. The van der Waals surface area contributed by atoms with Crippen LogP contribution in [0.25, 0.3) is 0 Å². The molecule has 1 saturated heterocycles. The van der Waals surface area contributed by atoms with Crippen LogP contribution in [-0.2, 0) is 0 Å². The fraction of sp³-hybridized carbons (Fsp3) is 0.667. The van der Waals surface area contributed by atoms with Crippen LogP contribution in [0.3, 0.4) is 0 Å². The zero-order valence-electron chi connectivity index (χ0n) is 11.8. The van der Waals surface area contributed by atoms with Gasteiger partial charge in [-0.1, -0.05) is 6.92 Å². The second-order valence-electron chi connectivity index (χ2n) is 5.70. The van der Waals surface area contributed by atoms with Gasteiger partial charge in [-0.3, -0.25) is 4.98 Å². The Morgan fingerprint density at radius 3 is 2.79 bits per heavy atom. The van der Waals surface area contributed by atoms with Gasteiger partial charge in [0.2, 0.25) is 0 Å². The van der Waals surface area contributed by atoms with Crippen molar-refractivity contribution in [3.63, 3.8) is 0 Å². The molecule has 1 aliphatic rings. The lowest BCUT2D eigenvalue weighted by Gasteiger charge is -2.24. The number of pyridine rings is 1. The van der Waals surface area contributed by atoms with Crippen LogP contribution < -0.4 is 4.90 Å². The summed E-state index contributed by atoms with van der Waals surface area (Å²) in [5.74, 6) is 0. The van der Waals surface area contributed by atoms with Gasteiger partial charge in [0.25, 0.3) is 0 Å². The summed E-state index contributed by atoms with van der Waals surface area (Å²) in [6.07, 6.45) is 4.66. The molecule has 0 amide bonds. The molecule has 0 saturated carbocycles. The van der Waals surface area contributed by atoms with Crippen molar-refractivity contribution in [1.29, 1.82) is 0 Å². The van der Waals surface area contributed by atoms with Crippen molar-refractivity contribution in [3.05, 3.63) is 24.0 Å². The number of hydrogen-bond acceptors (Lipinski definition) is 4. The van der Waals surface area contributed by atoms with E-state index < -0.39 is 11.7 Å². The molecule has 0 spiro atoms. The van der Waals surface area contributed by atoms with E-state index >= 15 is 0 Å². The lowest BCUT2D eigenvalue weighted by Crippen LogP contribution is -2.28. The highest BCUT2D eigenvalue weighted by molar-refractivity contribution is 5.45. The van der Waals surface area contributed by atoms with Crippen LogP contribution in [0.1, 0.15) is 51.3 Å². The highest BCUT2D eigenvalue weighted by Gasteiger charge is 2.25. The van der Waals surface area contributed by atoms with Gasteiger partial charge in [0.05, 0.1) is 29.3 Å². The number of anilines is 1. The summed E-state index contributed by atoms with van der Waals surface area (Å²) in [5.41, 5.74) is 1.26. The van der Waals surface area contributed by atoms with E-state index in [2.05, 4.69) is 9.88 Å². The zero-order chi connectivity index (χ0) is 13.9. The van der Waals surface area contributed by atoms with Gasteiger partial charge < -0.3 is 15.1 Å². The highest BCUT2D eigenvalue weighted by atomic mass is 16.3. The molecule has 0 aromatic carbocycles. The van der Waals surface area contributed by atoms with E-state index in [1.54, 1.807) is 0 Å². The van der Waals surface area contributed by atoms with Crippen LogP contribution in [0.5, 0.6) is 0 Å². The average molecular weight is 264 g/mol. The first kappa shape index (κ1) is 14.3. The predicted octanol–water partition coefficient (Wildman–Crippen LogP) is 2.27. The van der Waals surface area contributed by atoms with E-state index in [1.807, 2.05) is 32.2 Å². The molecule has 1 aromatic heterocycles. The standard InChI is InChI=1S/C15H24N2O2/c1-3-14(18)13-6-5-12(11-16-13)17-9-4-7-15(2,19)8-10-17/h5-6,11,14,18-19H,3-4,7-10H2,1-2H3. The van der Waals surface area contributed by atoms with Crippen LogP contribution in [0.15, 0.2) is 18.3 Å². The summed E-state index contributed by atoms with van der Waals surface area (Å²) in [5, 5.41) is 19.8. The van der Waals surface area contributed by atoms with Crippen LogP contribution >= 0.6 is 0 Å². The Labute approximate surface area is 115 Å². The van der Waals surface area contributed by atoms with E-state index in [0.29, 0.717) is 6.42 Å². The predicted molar refractivity (Wildman–Crippen MR) is 76.2 cm³/mol. The minimum atomic E-state index is -0.541. The molecule has 2 heterocycles. The monoisotopic (exact) mass is 264 g/mol. The van der Waals surface area contributed by atoms with Crippen molar-refractivity contribution in [2.75, 3.05) is 18.0 Å². The molecule has 19 heavy (non-hydrogen) atoms. The molecule has 0 aliphatic carbocycles. The number of aliphatic hydroxyl groups is 2. The number of aliphatic hydroxyl groups excluding tert-OH is 1. The fourth-order valence-electron chi connectivity index (χ4n) is 2.51. The topological polar surface area (TPSA) is 56.6 Å². The van der Waals surface area contributed by atoms with Gasteiger partial charge in [-0.15, -0.1) is 0 Å². The van der Waals surface area contributed by atoms with Crippen LogP contribution in [-0.4, -0.2) is 33.9 Å². The largest absolute Gasteiger partial charge is 0.390 e. The first-order valence-corrected chi connectivity index (χ1v) is 7.13. The van der Waals surface area contributed by atoms with Crippen molar-refractivity contribution in [2.45, 2.75) is 51.2 Å². The molecule has 0 bridgehead atoms.